The van der Waals surface area contributed by atoms with Gasteiger partial charge in [0.05, 0.1) is 13.9 Å². The average molecular weight is 610 g/mol. The van der Waals surface area contributed by atoms with Gasteiger partial charge >= 0.3 is 0 Å². The number of thioether (sulfide) groups is 1. The zero-order chi connectivity index (χ0) is 22.0. The molecule has 3 nitrogen and oxygen atoms in total. The predicted octanol–water partition coefficient (Wildman–Crippen LogP) is 7.95. The molecule has 158 valence electrons. The molecule has 1 aliphatic rings. The number of carbonyl (C=O) groups excluding carboxylic acids is 1. The number of carbonyl (C=O) groups is 1. The number of ether oxygens (including phenoxy) is 1. The van der Waals surface area contributed by atoms with Gasteiger partial charge in [0.1, 0.15) is 16.7 Å². The average Bonchev–Trinajstić information content (AvgIpc) is 2.89. The van der Waals surface area contributed by atoms with E-state index in [1.54, 1.807) is 17.0 Å². The van der Waals surface area contributed by atoms with Gasteiger partial charge in [-0.3, -0.25) is 9.69 Å². The van der Waals surface area contributed by atoms with Crippen molar-refractivity contribution >= 4 is 95.3 Å². The number of amides is 1. The Balaban J connectivity index is 1.78. The van der Waals surface area contributed by atoms with Crippen molar-refractivity contribution in [1.29, 1.82) is 0 Å². The minimum Gasteiger partial charge on any atom is -0.486 e. The van der Waals surface area contributed by atoms with E-state index < -0.39 is 0 Å². The van der Waals surface area contributed by atoms with Gasteiger partial charge in [0.2, 0.25) is 0 Å². The summed E-state index contributed by atoms with van der Waals surface area (Å²) in [6.07, 6.45) is 1.84. The first-order valence-corrected chi connectivity index (χ1v) is 12.5. The van der Waals surface area contributed by atoms with Gasteiger partial charge in [-0.1, -0.05) is 67.1 Å². The molecule has 0 aromatic heterocycles. The Labute approximate surface area is 212 Å². The van der Waals surface area contributed by atoms with Crippen LogP contribution in [0.1, 0.15) is 25.0 Å². The Bertz CT molecular complexity index is 1020. The van der Waals surface area contributed by atoms with Crippen LogP contribution in [-0.4, -0.2) is 21.7 Å². The van der Waals surface area contributed by atoms with Gasteiger partial charge in [0.15, 0.2) is 0 Å². The fourth-order valence-electron chi connectivity index (χ4n) is 2.76. The molecular formula is C21H17Br2Cl2NO2S2. The van der Waals surface area contributed by atoms with Gasteiger partial charge in [-0.25, -0.2) is 0 Å². The lowest BCUT2D eigenvalue weighted by Crippen LogP contribution is -2.31. The Hall–Kier alpha value is -0.570. The first-order chi connectivity index (χ1) is 14.2. The van der Waals surface area contributed by atoms with Crippen molar-refractivity contribution in [2.75, 3.05) is 6.54 Å². The minimum atomic E-state index is -0.0522. The molecule has 0 atom stereocenters. The second-order valence-corrected chi connectivity index (χ2v) is 11.3. The molecule has 1 aliphatic heterocycles. The van der Waals surface area contributed by atoms with E-state index in [9.17, 15) is 4.79 Å². The summed E-state index contributed by atoms with van der Waals surface area (Å²) in [4.78, 5) is 15.0. The highest BCUT2D eigenvalue weighted by molar-refractivity contribution is 9.11. The lowest BCUT2D eigenvalue weighted by Gasteiger charge is -2.16. The Kier molecular flexibility index (Phi) is 8.32. The van der Waals surface area contributed by atoms with Crippen LogP contribution in [-0.2, 0) is 11.4 Å². The van der Waals surface area contributed by atoms with Crippen LogP contribution in [0.15, 0.2) is 44.2 Å². The molecule has 0 saturated carbocycles. The summed E-state index contributed by atoms with van der Waals surface area (Å²) in [6.45, 7) is 5.04. The van der Waals surface area contributed by atoms with Crippen LogP contribution in [0.5, 0.6) is 5.75 Å². The molecule has 0 aliphatic carbocycles. The van der Waals surface area contributed by atoms with Crippen molar-refractivity contribution in [2.45, 2.75) is 20.5 Å². The molecule has 1 heterocycles. The van der Waals surface area contributed by atoms with Gasteiger partial charge < -0.3 is 4.74 Å². The second kappa shape index (κ2) is 10.4. The number of halogens is 4. The molecule has 2 aromatic rings. The third kappa shape index (κ3) is 5.81. The van der Waals surface area contributed by atoms with E-state index >= 15 is 0 Å². The summed E-state index contributed by atoms with van der Waals surface area (Å²) in [5, 5.41) is 1.13. The van der Waals surface area contributed by atoms with E-state index in [0.29, 0.717) is 44.1 Å². The van der Waals surface area contributed by atoms with Gasteiger partial charge in [0, 0.05) is 22.2 Å². The summed E-state index contributed by atoms with van der Waals surface area (Å²) in [5.74, 6) is 0.940. The zero-order valence-electron chi connectivity index (χ0n) is 16.0. The Morgan fingerprint density at radius 3 is 2.47 bits per heavy atom. The minimum absolute atomic E-state index is 0.0522. The highest BCUT2D eigenvalue weighted by Crippen LogP contribution is 2.38. The van der Waals surface area contributed by atoms with Crippen molar-refractivity contribution in [3.63, 3.8) is 0 Å². The number of hydrogen-bond acceptors (Lipinski definition) is 4. The molecule has 0 N–H and O–H groups in total. The van der Waals surface area contributed by atoms with E-state index in [2.05, 4.69) is 45.7 Å². The van der Waals surface area contributed by atoms with Crippen LogP contribution in [0.4, 0.5) is 0 Å². The third-order valence-corrected chi connectivity index (χ3v) is 7.27. The van der Waals surface area contributed by atoms with Gasteiger partial charge in [0.25, 0.3) is 5.91 Å². The van der Waals surface area contributed by atoms with E-state index in [4.69, 9.17) is 40.2 Å². The number of benzene rings is 2. The summed E-state index contributed by atoms with van der Waals surface area (Å²) in [7, 11) is 0. The van der Waals surface area contributed by atoms with E-state index in [0.717, 1.165) is 20.1 Å². The number of hydrogen-bond donors (Lipinski definition) is 0. The monoisotopic (exact) mass is 607 g/mol. The molecule has 1 saturated heterocycles. The van der Waals surface area contributed by atoms with Crippen LogP contribution in [0, 0.1) is 5.92 Å². The number of thiocarbonyl (C=S) groups is 1. The van der Waals surface area contributed by atoms with E-state index in [1.165, 1.54) is 11.8 Å². The molecule has 2 aromatic carbocycles. The quantitative estimate of drug-likeness (QED) is 0.245. The van der Waals surface area contributed by atoms with E-state index in [-0.39, 0.29) is 5.91 Å². The molecule has 0 bridgehead atoms. The molecular weight excluding hydrogens is 593 g/mol. The standard InChI is InChI=1S/C21H17Br2Cl2NO2S2/c1-11(2)9-26-20(27)18(30-21(26)29)7-12-5-15(22)19(16(23)6-12)28-10-13-3-4-14(24)8-17(13)25/h3-8,11H,9-10H2,1-2H3/b18-7-. The zero-order valence-corrected chi connectivity index (χ0v) is 22.4. The normalized spacial score (nSPS) is 15.6. The van der Waals surface area contributed by atoms with Gasteiger partial charge in [-0.05, 0) is 73.7 Å². The number of rotatable bonds is 6. The van der Waals surface area contributed by atoms with Crippen molar-refractivity contribution < 1.29 is 9.53 Å². The van der Waals surface area contributed by atoms with Crippen molar-refractivity contribution in [1.82, 2.24) is 4.90 Å². The largest absolute Gasteiger partial charge is 0.486 e. The van der Waals surface area contributed by atoms with Crippen LogP contribution < -0.4 is 4.74 Å². The fraction of sp³-hybridized carbons (Fsp3) is 0.238. The van der Waals surface area contributed by atoms with Crippen molar-refractivity contribution in [3.8, 4) is 5.75 Å². The van der Waals surface area contributed by atoms with Crippen molar-refractivity contribution in [2.24, 2.45) is 5.92 Å². The highest BCUT2D eigenvalue weighted by atomic mass is 79.9. The molecule has 1 amide bonds. The maximum Gasteiger partial charge on any atom is 0.266 e. The fourth-order valence-corrected chi connectivity index (χ4v) is 5.95. The second-order valence-electron chi connectivity index (χ2n) is 7.02. The molecule has 0 spiro atoms. The summed E-state index contributed by atoms with van der Waals surface area (Å²) >= 11 is 26.0. The molecule has 0 unspecified atom stereocenters. The highest BCUT2D eigenvalue weighted by Gasteiger charge is 2.32. The molecule has 30 heavy (non-hydrogen) atoms. The number of nitrogens with zero attached hydrogens (tertiary/aromatic N) is 1. The maximum atomic E-state index is 12.7. The van der Waals surface area contributed by atoms with Crippen LogP contribution in [0.25, 0.3) is 6.08 Å². The van der Waals surface area contributed by atoms with Gasteiger partial charge in [-0.2, -0.15) is 0 Å². The smallest absolute Gasteiger partial charge is 0.266 e. The molecule has 1 fully saturated rings. The first kappa shape index (κ1) is 24.1. The van der Waals surface area contributed by atoms with Crippen LogP contribution in [0.2, 0.25) is 10.0 Å². The Morgan fingerprint density at radius 1 is 1.20 bits per heavy atom. The van der Waals surface area contributed by atoms with Gasteiger partial charge in [-0.15, -0.1) is 0 Å². The van der Waals surface area contributed by atoms with Crippen molar-refractivity contribution in [3.05, 3.63) is 65.4 Å². The van der Waals surface area contributed by atoms with E-state index in [1.807, 2.05) is 24.3 Å². The van der Waals surface area contributed by atoms with Crippen LogP contribution in [0.3, 0.4) is 0 Å². The maximum absolute atomic E-state index is 12.7. The molecule has 3 rings (SSSR count). The lowest BCUT2D eigenvalue weighted by molar-refractivity contribution is -0.122. The summed E-state index contributed by atoms with van der Waals surface area (Å²) < 4.78 is 8.06. The first-order valence-electron chi connectivity index (χ1n) is 8.97. The summed E-state index contributed by atoms with van der Waals surface area (Å²) in [6, 6.07) is 9.09. The van der Waals surface area contributed by atoms with Crippen LogP contribution >= 0.6 is 79.0 Å². The lowest BCUT2D eigenvalue weighted by atomic mass is 10.2. The summed E-state index contributed by atoms with van der Waals surface area (Å²) in [5.41, 5.74) is 1.69. The Morgan fingerprint density at radius 2 is 1.87 bits per heavy atom. The molecule has 0 radical (unpaired) electrons. The predicted molar refractivity (Wildman–Crippen MR) is 137 cm³/mol. The third-order valence-electron chi connectivity index (χ3n) is 4.13. The topological polar surface area (TPSA) is 29.5 Å². The molecule has 9 heteroatoms. The SMILES string of the molecule is CC(C)CN1C(=O)/C(=C/c2cc(Br)c(OCc3ccc(Cl)cc3Cl)c(Br)c2)SC1=S.